The number of amides is 2. The first-order chi connectivity index (χ1) is 8.24. The standard InChI is InChI=1S/C13H14N2O2/c1-2-15-12(16)9-7-14-10-6-4-3-5-8(10)11(9)13(15)17/h3-6,9,11,14H,2,7H2,1H3/t9-,11+/m1/s1. The van der Waals surface area contributed by atoms with Gasteiger partial charge in [-0.3, -0.25) is 14.5 Å². The molecule has 2 aliphatic rings. The zero-order valence-corrected chi connectivity index (χ0v) is 9.64. The van der Waals surface area contributed by atoms with Crippen molar-refractivity contribution in [3.05, 3.63) is 29.8 Å². The predicted octanol–water partition coefficient (Wildman–Crippen LogP) is 1.20. The summed E-state index contributed by atoms with van der Waals surface area (Å²) in [4.78, 5) is 25.7. The molecule has 0 unspecified atom stereocenters. The molecule has 0 bridgehead atoms. The molecule has 2 aliphatic heterocycles. The van der Waals surface area contributed by atoms with Crippen molar-refractivity contribution in [2.45, 2.75) is 12.8 Å². The number of rotatable bonds is 1. The van der Waals surface area contributed by atoms with Gasteiger partial charge in [-0.2, -0.15) is 0 Å². The Balaban J connectivity index is 2.09. The second kappa shape index (κ2) is 3.58. The number of benzene rings is 1. The summed E-state index contributed by atoms with van der Waals surface area (Å²) in [5.74, 6) is -0.585. The van der Waals surface area contributed by atoms with Crippen LogP contribution in [0.15, 0.2) is 24.3 Å². The Morgan fingerprint density at radius 3 is 2.82 bits per heavy atom. The van der Waals surface area contributed by atoms with Crippen molar-refractivity contribution >= 4 is 17.5 Å². The number of nitrogens with one attached hydrogen (secondary N) is 1. The van der Waals surface area contributed by atoms with Crippen LogP contribution in [0.25, 0.3) is 0 Å². The van der Waals surface area contributed by atoms with Gasteiger partial charge in [0.05, 0.1) is 11.8 Å². The molecular weight excluding hydrogens is 216 g/mol. The highest BCUT2D eigenvalue weighted by Gasteiger charge is 2.49. The minimum Gasteiger partial charge on any atom is -0.384 e. The molecule has 1 fully saturated rings. The van der Waals surface area contributed by atoms with Gasteiger partial charge in [0.2, 0.25) is 11.8 Å². The van der Waals surface area contributed by atoms with Crippen molar-refractivity contribution in [2.75, 3.05) is 18.4 Å². The SMILES string of the molecule is CCN1C(=O)[C@@H]2CNc3ccccc3[C@@H]2C1=O. The lowest BCUT2D eigenvalue weighted by Crippen LogP contribution is -2.32. The highest BCUT2D eigenvalue weighted by atomic mass is 16.2. The molecule has 0 saturated carbocycles. The molecule has 2 amide bonds. The number of anilines is 1. The van der Waals surface area contributed by atoms with Gasteiger partial charge in [-0.05, 0) is 18.6 Å². The fourth-order valence-electron chi connectivity index (χ4n) is 2.81. The fraction of sp³-hybridized carbons (Fsp3) is 0.385. The van der Waals surface area contributed by atoms with E-state index >= 15 is 0 Å². The van der Waals surface area contributed by atoms with Gasteiger partial charge < -0.3 is 5.32 Å². The van der Waals surface area contributed by atoms with E-state index in [9.17, 15) is 9.59 Å². The summed E-state index contributed by atoms with van der Waals surface area (Å²) in [6, 6.07) is 7.74. The van der Waals surface area contributed by atoms with Crippen LogP contribution in [0.1, 0.15) is 18.4 Å². The molecule has 88 valence electrons. The molecule has 4 nitrogen and oxygen atoms in total. The minimum atomic E-state index is -0.278. The largest absolute Gasteiger partial charge is 0.384 e. The van der Waals surface area contributed by atoms with E-state index in [4.69, 9.17) is 0 Å². The van der Waals surface area contributed by atoms with Crippen molar-refractivity contribution in [1.29, 1.82) is 0 Å². The predicted molar refractivity (Wildman–Crippen MR) is 63.6 cm³/mol. The summed E-state index contributed by atoms with van der Waals surface area (Å²) in [5, 5.41) is 3.23. The lowest BCUT2D eigenvalue weighted by molar-refractivity contribution is -0.139. The zero-order valence-electron chi connectivity index (χ0n) is 9.64. The third-order valence-electron chi connectivity index (χ3n) is 3.64. The van der Waals surface area contributed by atoms with Crippen LogP contribution in [-0.2, 0) is 9.59 Å². The minimum absolute atomic E-state index is 0.0375. The highest BCUT2D eigenvalue weighted by Crippen LogP contribution is 2.41. The van der Waals surface area contributed by atoms with E-state index in [2.05, 4.69) is 5.32 Å². The van der Waals surface area contributed by atoms with E-state index in [1.54, 1.807) is 0 Å². The van der Waals surface area contributed by atoms with Crippen molar-refractivity contribution in [1.82, 2.24) is 4.90 Å². The Hall–Kier alpha value is -1.84. The van der Waals surface area contributed by atoms with Gasteiger partial charge in [-0.1, -0.05) is 18.2 Å². The number of carbonyl (C=O) groups is 2. The number of likely N-dealkylation sites (tertiary alicyclic amines) is 1. The molecule has 1 aromatic carbocycles. The molecule has 0 spiro atoms. The van der Waals surface area contributed by atoms with Crippen LogP contribution in [0, 0.1) is 5.92 Å². The smallest absolute Gasteiger partial charge is 0.237 e. The van der Waals surface area contributed by atoms with Gasteiger partial charge >= 0.3 is 0 Å². The summed E-state index contributed by atoms with van der Waals surface area (Å²) in [7, 11) is 0. The van der Waals surface area contributed by atoms with Crippen molar-refractivity contribution in [2.24, 2.45) is 5.92 Å². The number of fused-ring (bicyclic) bond motifs is 3. The fourth-order valence-corrected chi connectivity index (χ4v) is 2.81. The van der Waals surface area contributed by atoms with Crippen LogP contribution in [0.3, 0.4) is 0 Å². The molecule has 0 aliphatic carbocycles. The van der Waals surface area contributed by atoms with Crippen molar-refractivity contribution in [3.63, 3.8) is 0 Å². The van der Waals surface area contributed by atoms with E-state index in [-0.39, 0.29) is 23.7 Å². The number of hydrogen-bond acceptors (Lipinski definition) is 3. The lowest BCUT2D eigenvalue weighted by Gasteiger charge is -2.25. The van der Waals surface area contributed by atoms with Crippen LogP contribution in [0.4, 0.5) is 5.69 Å². The monoisotopic (exact) mass is 230 g/mol. The van der Waals surface area contributed by atoms with E-state index in [0.29, 0.717) is 13.1 Å². The normalized spacial score (nSPS) is 26.5. The number of likely N-dealkylation sites (N-methyl/N-ethyl adjacent to an activating group) is 1. The third-order valence-corrected chi connectivity index (χ3v) is 3.64. The molecule has 1 N–H and O–H groups in total. The Kier molecular flexibility index (Phi) is 2.18. The van der Waals surface area contributed by atoms with Crippen LogP contribution < -0.4 is 5.32 Å². The number of carbonyl (C=O) groups excluding carboxylic acids is 2. The van der Waals surface area contributed by atoms with Crippen LogP contribution in [-0.4, -0.2) is 29.8 Å². The summed E-state index contributed by atoms with van der Waals surface area (Å²) < 4.78 is 0. The first-order valence-corrected chi connectivity index (χ1v) is 5.92. The lowest BCUT2D eigenvalue weighted by atomic mass is 9.84. The number of hydrogen-bond donors (Lipinski definition) is 1. The maximum absolute atomic E-state index is 12.2. The second-order valence-corrected chi connectivity index (χ2v) is 4.47. The molecule has 0 radical (unpaired) electrons. The third kappa shape index (κ3) is 1.30. The Morgan fingerprint density at radius 1 is 1.29 bits per heavy atom. The van der Waals surface area contributed by atoms with Crippen molar-refractivity contribution < 1.29 is 9.59 Å². The molecule has 17 heavy (non-hydrogen) atoms. The topological polar surface area (TPSA) is 49.4 Å². The molecule has 1 aromatic rings. The molecule has 2 atom stereocenters. The molecule has 2 heterocycles. The molecule has 0 aromatic heterocycles. The number of para-hydroxylation sites is 1. The second-order valence-electron chi connectivity index (χ2n) is 4.47. The molecule has 3 rings (SSSR count). The van der Waals surface area contributed by atoms with Crippen LogP contribution >= 0.6 is 0 Å². The molecule has 1 saturated heterocycles. The average Bonchev–Trinajstić information content (AvgIpc) is 2.61. The zero-order chi connectivity index (χ0) is 12.0. The summed E-state index contributed by atoms with van der Waals surface area (Å²) in [5.41, 5.74) is 1.94. The quantitative estimate of drug-likeness (QED) is 0.737. The van der Waals surface area contributed by atoms with Crippen molar-refractivity contribution in [3.8, 4) is 0 Å². The van der Waals surface area contributed by atoms with E-state index in [0.717, 1.165) is 11.3 Å². The Labute approximate surface area is 99.6 Å². The summed E-state index contributed by atoms with van der Waals surface area (Å²) in [6.45, 7) is 2.86. The average molecular weight is 230 g/mol. The molecule has 4 heteroatoms. The van der Waals surface area contributed by atoms with Gasteiger partial charge in [0.25, 0.3) is 0 Å². The van der Waals surface area contributed by atoms with Gasteiger partial charge in [-0.25, -0.2) is 0 Å². The summed E-state index contributed by atoms with van der Waals surface area (Å²) >= 11 is 0. The van der Waals surface area contributed by atoms with Gasteiger partial charge in [-0.15, -0.1) is 0 Å². The first-order valence-electron chi connectivity index (χ1n) is 5.92. The van der Waals surface area contributed by atoms with E-state index < -0.39 is 0 Å². The van der Waals surface area contributed by atoms with E-state index in [1.807, 2.05) is 31.2 Å². The first kappa shape index (κ1) is 10.3. The maximum Gasteiger partial charge on any atom is 0.237 e. The number of nitrogens with zero attached hydrogens (tertiary/aromatic N) is 1. The maximum atomic E-state index is 12.2. The Morgan fingerprint density at radius 2 is 2.06 bits per heavy atom. The molecular formula is C13H14N2O2. The number of imide groups is 1. The van der Waals surface area contributed by atoms with E-state index in [1.165, 1.54) is 4.90 Å². The van der Waals surface area contributed by atoms with Gasteiger partial charge in [0, 0.05) is 18.8 Å². The van der Waals surface area contributed by atoms with Gasteiger partial charge in [0.15, 0.2) is 0 Å². The highest BCUT2D eigenvalue weighted by molar-refractivity contribution is 6.09. The van der Waals surface area contributed by atoms with Crippen LogP contribution in [0.2, 0.25) is 0 Å². The Bertz CT molecular complexity index is 498. The summed E-state index contributed by atoms with van der Waals surface area (Å²) in [6.07, 6.45) is 0. The van der Waals surface area contributed by atoms with Crippen LogP contribution in [0.5, 0.6) is 0 Å². The van der Waals surface area contributed by atoms with Gasteiger partial charge in [0.1, 0.15) is 0 Å².